The molecule has 0 spiro atoms. The summed E-state index contributed by atoms with van der Waals surface area (Å²) in [5.74, 6) is 0.599. The first kappa shape index (κ1) is 17.4. The van der Waals surface area contributed by atoms with Crippen molar-refractivity contribution in [3.05, 3.63) is 66.9 Å². The number of hydrogen-bond donors (Lipinski definition) is 0. The van der Waals surface area contributed by atoms with Gasteiger partial charge in [0.2, 0.25) is 0 Å². The number of benzene rings is 2. The zero-order valence-corrected chi connectivity index (χ0v) is 16.8. The molecule has 6 heteroatoms. The largest absolute Gasteiger partial charge is 0.471 e. The Hall–Kier alpha value is -1.98. The third kappa shape index (κ3) is 2.89. The van der Waals surface area contributed by atoms with Gasteiger partial charge in [-0.1, -0.05) is 34.5 Å². The maximum Gasteiger partial charge on any atom is 0.336 e. The molecule has 0 N–H and O–H groups in total. The van der Waals surface area contributed by atoms with Gasteiger partial charge >= 0.3 is 5.63 Å². The van der Waals surface area contributed by atoms with Gasteiger partial charge in [-0.2, -0.15) is 0 Å². The van der Waals surface area contributed by atoms with Gasteiger partial charge in [0.05, 0.1) is 17.1 Å². The van der Waals surface area contributed by atoms with E-state index in [1.165, 1.54) is 6.07 Å². The van der Waals surface area contributed by atoms with Gasteiger partial charge < -0.3 is 14.1 Å². The molecule has 3 aromatic rings. The van der Waals surface area contributed by atoms with Crippen molar-refractivity contribution >= 4 is 44.2 Å². The summed E-state index contributed by atoms with van der Waals surface area (Å²) in [6.07, 6.45) is 0.730. The minimum atomic E-state index is -0.351. The predicted octanol–water partition coefficient (Wildman–Crippen LogP) is 5.44. The van der Waals surface area contributed by atoms with E-state index in [2.05, 4.69) is 33.8 Å². The van der Waals surface area contributed by atoms with Crippen molar-refractivity contribution in [1.82, 2.24) is 0 Å². The van der Waals surface area contributed by atoms with Crippen LogP contribution in [0.15, 0.2) is 44.0 Å². The van der Waals surface area contributed by atoms with E-state index >= 15 is 0 Å². The van der Waals surface area contributed by atoms with Gasteiger partial charge in [-0.05, 0) is 48.7 Å². The predicted molar refractivity (Wildman–Crippen MR) is 107 cm³/mol. The molecular formula is C20H17BrClNO3. The van der Waals surface area contributed by atoms with Crippen LogP contribution in [0.1, 0.15) is 23.6 Å². The minimum Gasteiger partial charge on any atom is -0.471 e. The first-order valence-electron chi connectivity index (χ1n) is 8.40. The third-order valence-electron chi connectivity index (χ3n) is 4.72. The number of fused-ring (bicyclic) bond motifs is 3. The van der Waals surface area contributed by atoms with E-state index in [1.54, 1.807) is 0 Å². The van der Waals surface area contributed by atoms with Gasteiger partial charge in [0.25, 0.3) is 0 Å². The lowest BCUT2D eigenvalue weighted by atomic mass is 10.0. The van der Waals surface area contributed by atoms with Gasteiger partial charge in [0, 0.05) is 21.6 Å². The number of anilines is 1. The molecule has 0 radical (unpaired) electrons. The highest BCUT2D eigenvalue weighted by Crippen LogP contribution is 2.40. The fraction of sp³-hybridized carbons (Fsp3) is 0.250. The van der Waals surface area contributed by atoms with Crippen molar-refractivity contribution in [3.63, 3.8) is 0 Å². The molecule has 2 heterocycles. The van der Waals surface area contributed by atoms with Crippen molar-refractivity contribution in [2.75, 3.05) is 11.6 Å². The van der Waals surface area contributed by atoms with Crippen LogP contribution in [0.2, 0.25) is 5.02 Å². The van der Waals surface area contributed by atoms with Gasteiger partial charge in [-0.3, -0.25) is 0 Å². The second-order valence-electron chi connectivity index (χ2n) is 6.39. The highest BCUT2D eigenvalue weighted by molar-refractivity contribution is 9.10. The molecule has 1 aromatic heterocycles. The second-order valence-corrected chi connectivity index (χ2v) is 7.71. The average molecular weight is 435 g/mol. The van der Waals surface area contributed by atoms with Crippen LogP contribution in [0, 0.1) is 6.92 Å². The Morgan fingerprint density at radius 1 is 1.27 bits per heavy atom. The standard InChI is InChI=1S/C20H17BrClNO3/c1-3-12-7-18(24)26-19-14(12)8-16(22)20-15(19)9-23(10-25-20)17-5-4-13(21)6-11(17)2/h4-8H,3,9-10H2,1-2H3. The Bertz CT molecular complexity index is 1080. The minimum absolute atomic E-state index is 0.351. The molecule has 0 saturated heterocycles. The summed E-state index contributed by atoms with van der Waals surface area (Å²) >= 11 is 9.96. The SMILES string of the molecule is CCc1cc(=O)oc2c3c(c(Cl)cc12)OCN(c1ccc(Br)cc1C)C3. The second kappa shape index (κ2) is 6.63. The molecular weight excluding hydrogens is 418 g/mol. The average Bonchev–Trinajstić information content (AvgIpc) is 2.61. The van der Waals surface area contributed by atoms with Crippen molar-refractivity contribution in [2.45, 2.75) is 26.8 Å². The zero-order chi connectivity index (χ0) is 18.4. The molecule has 0 aliphatic carbocycles. The Balaban J connectivity index is 1.89. The topological polar surface area (TPSA) is 42.7 Å². The molecule has 1 aliphatic heterocycles. The van der Waals surface area contributed by atoms with Gasteiger partial charge in [0.1, 0.15) is 11.3 Å². The van der Waals surface area contributed by atoms with Crippen LogP contribution in [0.25, 0.3) is 11.0 Å². The summed E-state index contributed by atoms with van der Waals surface area (Å²) in [5.41, 5.74) is 4.16. The van der Waals surface area contributed by atoms with Crippen molar-refractivity contribution < 1.29 is 9.15 Å². The van der Waals surface area contributed by atoms with Crippen molar-refractivity contribution in [2.24, 2.45) is 0 Å². The molecule has 0 unspecified atom stereocenters. The van der Waals surface area contributed by atoms with Gasteiger partial charge in [-0.25, -0.2) is 4.79 Å². The lowest BCUT2D eigenvalue weighted by Gasteiger charge is -2.32. The van der Waals surface area contributed by atoms with E-state index in [9.17, 15) is 4.79 Å². The maximum absolute atomic E-state index is 12.0. The van der Waals surface area contributed by atoms with Crippen LogP contribution < -0.4 is 15.3 Å². The summed E-state index contributed by atoms with van der Waals surface area (Å²) in [6.45, 7) is 5.01. The summed E-state index contributed by atoms with van der Waals surface area (Å²) in [4.78, 5) is 14.1. The van der Waals surface area contributed by atoms with E-state index in [0.717, 1.165) is 38.7 Å². The van der Waals surface area contributed by atoms with E-state index < -0.39 is 0 Å². The molecule has 0 fully saturated rings. The molecule has 4 rings (SSSR count). The number of ether oxygens (including phenoxy) is 1. The number of rotatable bonds is 2. The number of halogens is 2. The molecule has 2 aromatic carbocycles. The molecule has 0 amide bonds. The fourth-order valence-corrected chi connectivity index (χ4v) is 4.23. The van der Waals surface area contributed by atoms with E-state index in [-0.39, 0.29) is 5.63 Å². The summed E-state index contributed by atoms with van der Waals surface area (Å²) < 4.78 is 12.5. The Morgan fingerprint density at radius 2 is 2.08 bits per heavy atom. The normalized spacial score (nSPS) is 13.6. The highest BCUT2D eigenvalue weighted by Gasteiger charge is 2.26. The van der Waals surface area contributed by atoms with Crippen LogP contribution in [0.5, 0.6) is 5.75 Å². The lowest BCUT2D eigenvalue weighted by Crippen LogP contribution is -2.32. The van der Waals surface area contributed by atoms with Crippen LogP contribution in [0.3, 0.4) is 0 Å². The van der Waals surface area contributed by atoms with E-state index in [4.69, 9.17) is 20.8 Å². The molecule has 0 saturated carbocycles. The van der Waals surface area contributed by atoms with Gasteiger partial charge in [0.15, 0.2) is 6.73 Å². The van der Waals surface area contributed by atoms with Crippen molar-refractivity contribution in [3.8, 4) is 5.75 Å². The Labute approximate surface area is 164 Å². The Morgan fingerprint density at radius 3 is 2.81 bits per heavy atom. The lowest BCUT2D eigenvalue weighted by molar-refractivity contribution is 0.289. The summed E-state index contributed by atoms with van der Waals surface area (Å²) in [6, 6.07) is 9.48. The van der Waals surface area contributed by atoms with Crippen LogP contribution in [-0.2, 0) is 13.0 Å². The summed E-state index contributed by atoms with van der Waals surface area (Å²) in [5, 5.41) is 1.41. The fourth-order valence-electron chi connectivity index (χ4n) is 3.47. The quantitative estimate of drug-likeness (QED) is 0.504. The van der Waals surface area contributed by atoms with E-state index in [1.807, 2.05) is 25.1 Å². The first-order valence-corrected chi connectivity index (χ1v) is 9.57. The molecule has 26 heavy (non-hydrogen) atoms. The zero-order valence-electron chi connectivity index (χ0n) is 14.4. The number of nitrogens with zero attached hydrogens (tertiary/aromatic N) is 1. The molecule has 1 aliphatic rings. The molecule has 4 nitrogen and oxygen atoms in total. The molecule has 134 valence electrons. The smallest absolute Gasteiger partial charge is 0.336 e. The van der Waals surface area contributed by atoms with Crippen LogP contribution in [-0.4, -0.2) is 6.73 Å². The van der Waals surface area contributed by atoms with E-state index in [0.29, 0.717) is 29.6 Å². The molecule has 0 bridgehead atoms. The summed E-state index contributed by atoms with van der Waals surface area (Å²) in [7, 11) is 0. The van der Waals surface area contributed by atoms with Crippen molar-refractivity contribution in [1.29, 1.82) is 0 Å². The van der Waals surface area contributed by atoms with Crippen LogP contribution in [0.4, 0.5) is 5.69 Å². The third-order valence-corrected chi connectivity index (χ3v) is 5.49. The number of aryl methyl sites for hydroxylation is 2. The first-order chi connectivity index (χ1) is 12.5. The molecule has 0 atom stereocenters. The Kier molecular flexibility index (Phi) is 4.45. The highest BCUT2D eigenvalue weighted by atomic mass is 79.9. The monoisotopic (exact) mass is 433 g/mol. The maximum atomic E-state index is 12.0. The van der Waals surface area contributed by atoms with Crippen LogP contribution >= 0.6 is 27.5 Å². The van der Waals surface area contributed by atoms with Gasteiger partial charge in [-0.15, -0.1) is 0 Å². The number of hydrogen-bond acceptors (Lipinski definition) is 4.